The van der Waals surface area contributed by atoms with E-state index < -0.39 is 5.76 Å². The molecule has 9 heteroatoms. The number of nitrogens with one attached hydrogen (secondary N) is 1. The van der Waals surface area contributed by atoms with Gasteiger partial charge in [-0.05, 0) is 42.3 Å². The maximum atomic E-state index is 13.1. The summed E-state index contributed by atoms with van der Waals surface area (Å²) in [4.78, 5) is 4.19. The third-order valence-corrected chi connectivity index (χ3v) is 5.18. The Bertz CT molecular complexity index is 1210. The van der Waals surface area contributed by atoms with Crippen molar-refractivity contribution in [1.82, 2.24) is 4.98 Å². The van der Waals surface area contributed by atoms with Crippen LogP contribution in [0.2, 0.25) is 0 Å². The molecule has 0 atom stereocenters. The van der Waals surface area contributed by atoms with Crippen molar-refractivity contribution in [2.75, 3.05) is 10.5 Å². The second kappa shape index (κ2) is 11.0. The monoisotopic (exact) mass is 475 g/mol. The van der Waals surface area contributed by atoms with Crippen molar-refractivity contribution in [2.24, 2.45) is 0 Å². The van der Waals surface area contributed by atoms with Crippen LogP contribution in [0.1, 0.15) is 25.0 Å². The Hall–Kier alpha value is -3.33. The minimum Gasteiger partial charge on any atom is -0.487 e. The van der Waals surface area contributed by atoms with Crippen LogP contribution in [-0.4, -0.2) is 10.7 Å². The summed E-state index contributed by atoms with van der Waals surface area (Å²) >= 11 is 0.271. The molecule has 0 radical (unpaired) electrons. The van der Waals surface area contributed by atoms with E-state index in [0.717, 1.165) is 16.7 Å². The van der Waals surface area contributed by atoms with E-state index in [0.29, 0.717) is 33.8 Å². The molecule has 0 unspecified atom stereocenters. The number of aromatic nitrogens is 1. The van der Waals surface area contributed by atoms with Crippen molar-refractivity contribution in [3.05, 3.63) is 71.9 Å². The van der Waals surface area contributed by atoms with Crippen LogP contribution >= 0.6 is 11.9 Å². The molecule has 0 saturated heterocycles. The van der Waals surface area contributed by atoms with E-state index in [1.54, 1.807) is 42.8 Å². The number of rotatable bonds is 7. The highest BCUT2D eigenvalue weighted by atomic mass is 32.2. The van der Waals surface area contributed by atoms with Crippen molar-refractivity contribution in [2.45, 2.75) is 33.1 Å². The van der Waals surface area contributed by atoms with E-state index in [9.17, 15) is 13.2 Å². The van der Waals surface area contributed by atoms with Gasteiger partial charge in [0.05, 0.1) is 17.3 Å². The Labute approximate surface area is 194 Å². The fourth-order valence-electron chi connectivity index (χ4n) is 3.15. The minimum absolute atomic E-state index is 0.132. The third-order valence-electron chi connectivity index (χ3n) is 4.66. The predicted molar refractivity (Wildman–Crippen MR) is 128 cm³/mol. The molecule has 5 nitrogen and oxygen atoms in total. The Morgan fingerprint density at radius 1 is 1.15 bits per heavy atom. The number of ether oxygens (including phenoxy) is 1. The predicted octanol–water partition coefficient (Wildman–Crippen LogP) is 7.41. The molecule has 2 heterocycles. The van der Waals surface area contributed by atoms with Crippen LogP contribution in [0.15, 0.2) is 59.3 Å². The lowest BCUT2D eigenvalue weighted by Crippen LogP contribution is -2.00. The molecule has 4 aromatic rings. The van der Waals surface area contributed by atoms with Gasteiger partial charge in [-0.2, -0.15) is 8.78 Å². The molecule has 0 saturated carbocycles. The molecule has 0 bridgehead atoms. The molecule has 2 aromatic heterocycles. The highest BCUT2D eigenvalue weighted by molar-refractivity contribution is 8.00. The van der Waals surface area contributed by atoms with Gasteiger partial charge in [0.15, 0.2) is 0 Å². The van der Waals surface area contributed by atoms with Gasteiger partial charge in [0, 0.05) is 29.3 Å². The fraction of sp³-hybridized carbons (Fsp3) is 0.208. The van der Waals surface area contributed by atoms with Gasteiger partial charge in [-0.15, -0.1) is 0 Å². The van der Waals surface area contributed by atoms with Crippen LogP contribution in [0.5, 0.6) is 5.75 Å². The Balaban J connectivity index is 0.00000149. The first-order valence-corrected chi connectivity index (χ1v) is 11.1. The zero-order valence-electron chi connectivity index (χ0n) is 18.4. The summed E-state index contributed by atoms with van der Waals surface area (Å²) in [7, 11) is 0. The summed E-state index contributed by atoms with van der Waals surface area (Å²) in [5, 5.41) is 0.673. The van der Waals surface area contributed by atoms with Crippen LogP contribution < -0.4 is 15.2 Å². The first-order valence-electron chi connectivity index (χ1n) is 10.3. The Kier molecular flexibility index (Phi) is 8.11. The second-order valence-corrected chi connectivity index (χ2v) is 7.58. The van der Waals surface area contributed by atoms with Gasteiger partial charge in [-0.3, -0.25) is 0 Å². The zero-order chi connectivity index (χ0) is 24.0. The van der Waals surface area contributed by atoms with E-state index in [1.807, 2.05) is 20.8 Å². The third kappa shape index (κ3) is 5.73. The molecular weight excluding hydrogens is 451 g/mol. The van der Waals surface area contributed by atoms with E-state index >= 15 is 0 Å². The number of fused-ring (bicyclic) bond motifs is 1. The Morgan fingerprint density at radius 3 is 2.58 bits per heavy atom. The number of pyridine rings is 1. The van der Waals surface area contributed by atoms with Gasteiger partial charge in [0.2, 0.25) is 0 Å². The first kappa shape index (κ1) is 24.3. The van der Waals surface area contributed by atoms with Gasteiger partial charge in [0.1, 0.15) is 29.6 Å². The highest BCUT2D eigenvalue weighted by Crippen LogP contribution is 2.39. The summed E-state index contributed by atoms with van der Waals surface area (Å²) < 4.78 is 52.7. The zero-order valence-corrected chi connectivity index (χ0v) is 19.2. The summed E-state index contributed by atoms with van der Waals surface area (Å²) in [6.07, 6.45) is 3.21. The van der Waals surface area contributed by atoms with Gasteiger partial charge in [-0.25, -0.2) is 9.37 Å². The molecule has 3 N–H and O–H groups in total. The summed E-state index contributed by atoms with van der Waals surface area (Å²) in [6, 6.07) is 11.0. The standard InChI is InChI=1S/C22H18F3N3O2S.C2H6/c1-12-9-27-21(26)19-16(11-30-20(12)19)14-4-7-17(28-31-22(24)25)18(8-14)29-10-13-2-5-15(23)6-3-13;1-2/h2-9,11,22,28H,10H2,1H3,(H2,26,27);1-2H3. The summed E-state index contributed by atoms with van der Waals surface area (Å²) in [5.41, 5.74) is 10.1. The minimum atomic E-state index is -2.60. The number of hydrogen-bond donors (Lipinski definition) is 2. The molecule has 0 aliphatic rings. The molecule has 0 fully saturated rings. The smallest absolute Gasteiger partial charge is 0.302 e. The van der Waals surface area contributed by atoms with E-state index in [4.69, 9.17) is 14.9 Å². The maximum Gasteiger partial charge on any atom is 0.302 e. The average Bonchev–Trinajstić information content (AvgIpc) is 3.28. The number of nitrogens with two attached hydrogens (primary N) is 1. The number of alkyl halides is 2. The van der Waals surface area contributed by atoms with Crippen LogP contribution in [0.4, 0.5) is 24.7 Å². The average molecular weight is 476 g/mol. The first-order chi connectivity index (χ1) is 15.9. The fourth-order valence-corrected chi connectivity index (χ4v) is 3.53. The second-order valence-electron chi connectivity index (χ2n) is 6.79. The van der Waals surface area contributed by atoms with Crippen LogP contribution in [-0.2, 0) is 6.61 Å². The van der Waals surface area contributed by atoms with Gasteiger partial charge in [0.25, 0.3) is 0 Å². The van der Waals surface area contributed by atoms with Gasteiger partial charge >= 0.3 is 5.76 Å². The normalized spacial score (nSPS) is 10.8. The number of aryl methyl sites for hydroxylation is 1. The highest BCUT2D eigenvalue weighted by Gasteiger charge is 2.16. The number of hydrogen-bond acceptors (Lipinski definition) is 6. The summed E-state index contributed by atoms with van der Waals surface area (Å²) in [6.45, 7) is 6.00. The summed E-state index contributed by atoms with van der Waals surface area (Å²) in [5.74, 6) is -2.27. The molecular formula is C24H24F3N3O2S. The Morgan fingerprint density at radius 2 is 1.88 bits per heavy atom. The maximum absolute atomic E-state index is 13.1. The van der Waals surface area contributed by atoms with E-state index in [-0.39, 0.29) is 24.4 Å². The molecule has 0 aliphatic carbocycles. The van der Waals surface area contributed by atoms with E-state index in [2.05, 4.69) is 9.71 Å². The van der Waals surface area contributed by atoms with Gasteiger partial charge in [-0.1, -0.05) is 32.0 Å². The lowest BCUT2D eigenvalue weighted by molar-refractivity contribution is 0.252. The SMILES string of the molecule is CC.Cc1cnc(N)c2c(-c3ccc(NSC(F)F)c(OCc4ccc(F)cc4)c3)coc12. The number of nitrogen functional groups attached to an aromatic ring is 1. The molecule has 0 amide bonds. The topological polar surface area (TPSA) is 73.3 Å². The lowest BCUT2D eigenvalue weighted by atomic mass is 10.0. The van der Waals surface area contributed by atoms with Crippen molar-refractivity contribution < 1.29 is 22.3 Å². The van der Waals surface area contributed by atoms with Crippen molar-refractivity contribution in [3.63, 3.8) is 0 Å². The quantitative estimate of drug-likeness (QED) is 0.271. The number of halogens is 3. The van der Waals surface area contributed by atoms with Crippen LogP contribution in [0, 0.1) is 12.7 Å². The largest absolute Gasteiger partial charge is 0.487 e. The molecule has 0 aliphatic heterocycles. The molecule has 4 rings (SSSR count). The number of anilines is 2. The van der Waals surface area contributed by atoms with E-state index in [1.165, 1.54) is 12.1 Å². The number of nitrogens with zero attached hydrogens (tertiary/aromatic N) is 1. The van der Waals surface area contributed by atoms with Gasteiger partial charge < -0.3 is 19.6 Å². The van der Waals surface area contributed by atoms with Crippen LogP contribution in [0.25, 0.3) is 22.1 Å². The lowest BCUT2D eigenvalue weighted by Gasteiger charge is -2.14. The molecule has 0 spiro atoms. The van der Waals surface area contributed by atoms with Crippen molar-refractivity contribution >= 4 is 34.4 Å². The molecule has 174 valence electrons. The molecule has 33 heavy (non-hydrogen) atoms. The van der Waals surface area contributed by atoms with Crippen molar-refractivity contribution in [3.8, 4) is 16.9 Å². The molecule has 2 aromatic carbocycles. The van der Waals surface area contributed by atoms with Crippen molar-refractivity contribution in [1.29, 1.82) is 0 Å². The van der Waals surface area contributed by atoms with Crippen LogP contribution in [0.3, 0.4) is 0 Å². The number of benzene rings is 2. The number of furan rings is 1.